The number of furan rings is 1. The highest BCUT2D eigenvalue weighted by atomic mass is 35.5. The van der Waals surface area contributed by atoms with Crippen molar-refractivity contribution in [2.24, 2.45) is 5.84 Å². The maximum atomic E-state index is 5.59. The van der Waals surface area contributed by atoms with E-state index < -0.39 is 0 Å². The second-order valence-corrected chi connectivity index (χ2v) is 2.69. The Morgan fingerprint density at radius 1 is 1.75 bits per heavy atom. The van der Waals surface area contributed by atoms with Crippen LogP contribution in [0.1, 0.15) is 11.8 Å². The topological polar surface area (TPSA) is 60.4 Å². The number of ether oxygens (including phenoxy) is 1. The molecule has 0 aliphatic carbocycles. The molecule has 0 saturated heterocycles. The number of methoxy groups -OCH3 is 1. The first-order valence-electron chi connectivity index (χ1n) is 3.48. The Bertz CT molecular complexity index is 239. The van der Waals surface area contributed by atoms with Crippen LogP contribution in [0, 0.1) is 0 Å². The van der Waals surface area contributed by atoms with Crippen molar-refractivity contribution in [3.8, 4) is 0 Å². The number of halogens is 1. The van der Waals surface area contributed by atoms with E-state index in [1.54, 1.807) is 19.2 Å². The zero-order valence-corrected chi connectivity index (χ0v) is 7.47. The number of hydrogen-bond acceptors (Lipinski definition) is 4. The maximum Gasteiger partial charge on any atom is 0.193 e. The van der Waals surface area contributed by atoms with E-state index in [1.165, 1.54) is 0 Å². The lowest BCUT2D eigenvalue weighted by atomic mass is 10.2. The van der Waals surface area contributed by atoms with Crippen LogP contribution in [0.2, 0.25) is 5.22 Å². The van der Waals surface area contributed by atoms with Gasteiger partial charge in [-0.25, -0.2) is 5.43 Å². The molecule has 0 aliphatic rings. The van der Waals surface area contributed by atoms with Gasteiger partial charge in [0.25, 0.3) is 0 Å². The molecule has 0 saturated carbocycles. The molecular weight excluding hydrogens is 180 g/mol. The van der Waals surface area contributed by atoms with Gasteiger partial charge in [0.15, 0.2) is 5.22 Å². The summed E-state index contributed by atoms with van der Waals surface area (Å²) in [5, 5.41) is 0.348. The van der Waals surface area contributed by atoms with Crippen LogP contribution in [0.25, 0.3) is 0 Å². The molecule has 68 valence electrons. The molecule has 1 unspecified atom stereocenters. The Kier molecular flexibility index (Phi) is 3.55. The van der Waals surface area contributed by atoms with Crippen LogP contribution in [-0.2, 0) is 4.74 Å². The molecule has 0 aromatic carbocycles. The molecule has 3 N–H and O–H groups in total. The number of rotatable bonds is 4. The SMILES string of the molecule is COCC(NN)c1ccc(Cl)o1. The van der Waals surface area contributed by atoms with Gasteiger partial charge in [-0.05, 0) is 23.7 Å². The molecule has 1 rings (SSSR count). The average molecular weight is 191 g/mol. The van der Waals surface area contributed by atoms with E-state index in [2.05, 4.69) is 5.43 Å². The highest BCUT2D eigenvalue weighted by Gasteiger charge is 2.12. The third-order valence-electron chi connectivity index (χ3n) is 1.47. The maximum absolute atomic E-state index is 5.59. The lowest BCUT2D eigenvalue weighted by Gasteiger charge is -2.10. The van der Waals surface area contributed by atoms with Gasteiger partial charge in [0.2, 0.25) is 0 Å². The van der Waals surface area contributed by atoms with Crippen molar-refractivity contribution in [3.63, 3.8) is 0 Å². The Morgan fingerprint density at radius 2 is 2.50 bits per heavy atom. The molecule has 1 aromatic heterocycles. The second-order valence-electron chi connectivity index (χ2n) is 2.32. The zero-order valence-electron chi connectivity index (χ0n) is 6.71. The van der Waals surface area contributed by atoms with E-state index in [-0.39, 0.29) is 6.04 Å². The van der Waals surface area contributed by atoms with E-state index in [1.807, 2.05) is 0 Å². The van der Waals surface area contributed by atoms with E-state index in [4.69, 9.17) is 26.6 Å². The Balaban J connectivity index is 2.66. The summed E-state index contributed by atoms with van der Waals surface area (Å²) in [6.07, 6.45) is 0. The molecule has 1 atom stereocenters. The number of nitrogens with two attached hydrogens (primary N) is 1. The fraction of sp³-hybridized carbons (Fsp3) is 0.429. The molecule has 5 heteroatoms. The fourth-order valence-electron chi connectivity index (χ4n) is 0.895. The highest BCUT2D eigenvalue weighted by Crippen LogP contribution is 2.19. The van der Waals surface area contributed by atoms with E-state index in [9.17, 15) is 0 Å². The van der Waals surface area contributed by atoms with Gasteiger partial charge in [-0.2, -0.15) is 0 Å². The summed E-state index contributed by atoms with van der Waals surface area (Å²) in [5.74, 6) is 5.94. The van der Waals surface area contributed by atoms with Crippen molar-refractivity contribution in [1.29, 1.82) is 0 Å². The summed E-state index contributed by atoms with van der Waals surface area (Å²) < 4.78 is 10.0. The largest absolute Gasteiger partial charge is 0.448 e. The standard InChI is InChI=1S/C7H11ClN2O2/c1-11-4-5(10-9)6-2-3-7(8)12-6/h2-3,5,10H,4,9H2,1H3. The van der Waals surface area contributed by atoms with Crippen LogP contribution in [0.5, 0.6) is 0 Å². The first-order valence-corrected chi connectivity index (χ1v) is 3.86. The van der Waals surface area contributed by atoms with Gasteiger partial charge < -0.3 is 9.15 Å². The summed E-state index contributed by atoms with van der Waals surface area (Å²) in [4.78, 5) is 0. The van der Waals surface area contributed by atoms with Crippen molar-refractivity contribution in [2.75, 3.05) is 13.7 Å². The predicted molar refractivity (Wildman–Crippen MR) is 45.7 cm³/mol. The van der Waals surface area contributed by atoms with Gasteiger partial charge in [-0.1, -0.05) is 0 Å². The molecule has 1 aromatic rings. The molecule has 0 amide bonds. The minimum absolute atomic E-state index is 0.150. The van der Waals surface area contributed by atoms with Gasteiger partial charge in [0.05, 0.1) is 6.61 Å². The van der Waals surface area contributed by atoms with Crippen molar-refractivity contribution >= 4 is 11.6 Å². The van der Waals surface area contributed by atoms with E-state index >= 15 is 0 Å². The highest BCUT2D eigenvalue weighted by molar-refractivity contribution is 6.28. The first kappa shape index (κ1) is 9.54. The quantitative estimate of drug-likeness (QED) is 0.551. The molecule has 0 aliphatic heterocycles. The lowest BCUT2D eigenvalue weighted by Crippen LogP contribution is -2.30. The Labute approximate surface area is 75.6 Å². The van der Waals surface area contributed by atoms with Gasteiger partial charge in [-0.3, -0.25) is 5.84 Å². The smallest absolute Gasteiger partial charge is 0.193 e. The van der Waals surface area contributed by atoms with E-state index in [0.29, 0.717) is 17.6 Å². The molecule has 12 heavy (non-hydrogen) atoms. The van der Waals surface area contributed by atoms with Crippen LogP contribution in [-0.4, -0.2) is 13.7 Å². The summed E-state index contributed by atoms with van der Waals surface area (Å²) in [5.41, 5.74) is 2.56. The van der Waals surface area contributed by atoms with Crippen LogP contribution in [0.4, 0.5) is 0 Å². The number of hydrogen-bond donors (Lipinski definition) is 2. The predicted octanol–water partition coefficient (Wildman–Crippen LogP) is 1.08. The van der Waals surface area contributed by atoms with Crippen LogP contribution in [0.15, 0.2) is 16.5 Å². The lowest BCUT2D eigenvalue weighted by molar-refractivity contribution is 0.157. The van der Waals surface area contributed by atoms with Crippen LogP contribution in [0.3, 0.4) is 0 Å². The van der Waals surface area contributed by atoms with Gasteiger partial charge in [0, 0.05) is 7.11 Å². The van der Waals surface area contributed by atoms with Gasteiger partial charge in [-0.15, -0.1) is 0 Å². The molecule has 0 spiro atoms. The Morgan fingerprint density at radius 3 is 2.92 bits per heavy atom. The molecule has 0 bridgehead atoms. The number of hydrazine groups is 1. The fourth-order valence-corrected chi connectivity index (χ4v) is 1.05. The monoisotopic (exact) mass is 190 g/mol. The number of nitrogens with one attached hydrogen (secondary N) is 1. The van der Waals surface area contributed by atoms with E-state index in [0.717, 1.165) is 0 Å². The minimum Gasteiger partial charge on any atom is -0.448 e. The normalized spacial score (nSPS) is 13.2. The third kappa shape index (κ3) is 2.22. The summed E-state index contributed by atoms with van der Waals surface area (Å²) in [6.45, 7) is 0.445. The Hall–Kier alpha value is -0.550. The minimum atomic E-state index is -0.150. The van der Waals surface area contributed by atoms with Crippen molar-refractivity contribution in [2.45, 2.75) is 6.04 Å². The summed E-state index contributed by atoms with van der Waals surface area (Å²) in [6, 6.07) is 3.27. The van der Waals surface area contributed by atoms with Crippen LogP contribution < -0.4 is 11.3 Å². The molecule has 4 nitrogen and oxygen atoms in total. The zero-order chi connectivity index (χ0) is 8.97. The first-order chi connectivity index (χ1) is 5.77. The summed E-state index contributed by atoms with van der Waals surface area (Å²) >= 11 is 5.59. The van der Waals surface area contributed by atoms with Crippen molar-refractivity contribution < 1.29 is 9.15 Å². The van der Waals surface area contributed by atoms with Crippen LogP contribution >= 0.6 is 11.6 Å². The third-order valence-corrected chi connectivity index (χ3v) is 1.68. The molecular formula is C7H11ClN2O2. The van der Waals surface area contributed by atoms with Crippen molar-refractivity contribution in [3.05, 3.63) is 23.1 Å². The summed E-state index contributed by atoms with van der Waals surface area (Å²) in [7, 11) is 1.59. The second kappa shape index (κ2) is 4.47. The molecule has 0 fully saturated rings. The van der Waals surface area contributed by atoms with Gasteiger partial charge >= 0.3 is 0 Å². The molecule has 1 heterocycles. The molecule has 0 radical (unpaired) electrons. The van der Waals surface area contributed by atoms with Gasteiger partial charge in [0.1, 0.15) is 11.8 Å². The van der Waals surface area contributed by atoms with Crippen molar-refractivity contribution in [1.82, 2.24) is 5.43 Å². The average Bonchev–Trinajstić information content (AvgIpc) is 2.47.